The first-order valence-electron chi connectivity index (χ1n) is 7.09. The number of carboxylic acid groups (broad SMARTS) is 1. The lowest BCUT2D eigenvalue weighted by Gasteiger charge is -2.39. The molecule has 3 unspecified atom stereocenters. The minimum Gasteiger partial charge on any atom is -0.481 e. The number of hydrogen-bond acceptors (Lipinski definition) is 3. The van der Waals surface area contributed by atoms with E-state index < -0.39 is 5.97 Å². The van der Waals surface area contributed by atoms with Crippen LogP contribution in [0.15, 0.2) is 0 Å². The minimum atomic E-state index is -0.631. The first-order chi connectivity index (χ1) is 8.46. The Labute approximate surface area is 109 Å². The minimum absolute atomic E-state index is 0.0449. The second-order valence-corrected chi connectivity index (χ2v) is 6.36. The van der Waals surface area contributed by atoms with Gasteiger partial charge in [0, 0.05) is 18.7 Å². The molecule has 2 N–H and O–H groups in total. The normalized spacial score (nSPS) is 36.2. The summed E-state index contributed by atoms with van der Waals surface area (Å²) in [5.74, 6) is -0.780. The first-order valence-corrected chi connectivity index (χ1v) is 7.09. The van der Waals surface area contributed by atoms with Gasteiger partial charge in [-0.3, -0.25) is 4.79 Å². The number of carbonyl (C=O) groups is 1. The summed E-state index contributed by atoms with van der Waals surface area (Å²) in [6.07, 6.45) is 5.82. The highest BCUT2D eigenvalue weighted by molar-refractivity contribution is 5.70. The molecule has 18 heavy (non-hydrogen) atoms. The average Bonchev–Trinajstić information content (AvgIpc) is 2.28. The zero-order valence-electron chi connectivity index (χ0n) is 11.4. The molecule has 2 aliphatic rings. The molecule has 2 rings (SSSR count). The molecule has 4 nitrogen and oxygen atoms in total. The van der Waals surface area contributed by atoms with Crippen molar-refractivity contribution in [1.82, 2.24) is 5.32 Å². The van der Waals surface area contributed by atoms with E-state index in [1.54, 1.807) is 0 Å². The molecule has 1 heterocycles. The van der Waals surface area contributed by atoms with Crippen LogP contribution in [0.5, 0.6) is 0 Å². The molecule has 0 amide bonds. The molecule has 104 valence electrons. The summed E-state index contributed by atoms with van der Waals surface area (Å²) in [6, 6.07) is 0.852. The highest BCUT2D eigenvalue weighted by atomic mass is 16.5. The van der Waals surface area contributed by atoms with Crippen LogP contribution in [0.4, 0.5) is 0 Å². The fraction of sp³-hybridized carbons (Fsp3) is 0.929. The van der Waals surface area contributed by atoms with Crippen molar-refractivity contribution in [3.8, 4) is 0 Å². The van der Waals surface area contributed by atoms with Gasteiger partial charge in [-0.15, -0.1) is 0 Å². The van der Waals surface area contributed by atoms with E-state index in [1.807, 2.05) is 0 Å². The fourth-order valence-electron chi connectivity index (χ4n) is 3.27. The molecule has 0 aromatic carbocycles. The molecule has 1 saturated carbocycles. The SMILES string of the molecule is CC1(C)CC(NC2CCCC(C(=O)O)C2)CCO1. The van der Waals surface area contributed by atoms with Crippen LogP contribution in [0.2, 0.25) is 0 Å². The average molecular weight is 255 g/mol. The van der Waals surface area contributed by atoms with Gasteiger partial charge in [0.05, 0.1) is 11.5 Å². The lowest BCUT2D eigenvalue weighted by atomic mass is 9.84. The highest BCUT2D eigenvalue weighted by Crippen LogP contribution is 2.28. The molecular weight excluding hydrogens is 230 g/mol. The Morgan fingerprint density at radius 2 is 2.06 bits per heavy atom. The number of carboxylic acids is 1. The Morgan fingerprint density at radius 3 is 2.72 bits per heavy atom. The Morgan fingerprint density at radius 1 is 1.28 bits per heavy atom. The van der Waals surface area contributed by atoms with Crippen molar-refractivity contribution < 1.29 is 14.6 Å². The summed E-state index contributed by atoms with van der Waals surface area (Å²) in [6.45, 7) is 5.06. The van der Waals surface area contributed by atoms with Gasteiger partial charge in [0.25, 0.3) is 0 Å². The number of hydrogen-bond donors (Lipinski definition) is 2. The van der Waals surface area contributed by atoms with Gasteiger partial charge in [-0.2, -0.15) is 0 Å². The van der Waals surface area contributed by atoms with Crippen molar-refractivity contribution in [3.63, 3.8) is 0 Å². The van der Waals surface area contributed by atoms with Crippen molar-refractivity contribution >= 4 is 5.97 Å². The number of rotatable bonds is 3. The van der Waals surface area contributed by atoms with Crippen molar-refractivity contribution in [3.05, 3.63) is 0 Å². The third kappa shape index (κ3) is 3.69. The predicted molar refractivity (Wildman–Crippen MR) is 69.6 cm³/mol. The van der Waals surface area contributed by atoms with Crippen LogP contribution in [0.1, 0.15) is 52.4 Å². The van der Waals surface area contributed by atoms with Gasteiger partial charge in [-0.1, -0.05) is 6.42 Å². The number of ether oxygens (including phenoxy) is 1. The zero-order chi connectivity index (χ0) is 13.2. The molecule has 3 atom stereocenters. The molecule has 1 saturated heterocycles. The van der Waals surface area contributed by atoms with Gasteiger partial charge >= 0.3 is 5.97 Å². The number of nitrogens with one attached hydrogen (secondary N) is 1. The van der Waals surface area contributed by atoms with Crippen LogP contribution in [-0.2, 0) is 9.53 Å². The fourth-order valence-corrected chi connectivity index (χ4v) is 3.27. The molecule has 0 aromatic rings. The molecule has 0 bridgehead atoms. The maximum atomic E-state index is 11.0. The Bertz CT molecular complexity index is 303. The number of aliphatic carboxylic acids is 1. The highest BCUT2D eigenvalue weighted by Gasteiger charge is 2.32. The Kier molecular flexibility index (Phi) is 4.28. The summed E-state index contributed by atoms with van der Waals surface area (Å²) in [5.41, 5.74) is -0.0449. The molecular formula is C14H25NO3. The maximum Gasteiger partial charge on any atom is 0.306 e. The smallest absolute Gasteiger partial charge is 0.306 e. The molecule has 1 aliphatic heterocycles. The lowest BCUT2D eigenvalue weighted by Crippen LogP contribution is -2.48. The van der Waals surface area contributed by atoms with E-state index in [4.69, 9.17) is 9.84 Å². The van der Waals surface area contributed by atoms with E-state index in [2.05, 4.69) is 19.2 Å². The predicted octanol–water partition coefficient (Wildman–Crippen LogP) is 2.18. The van der Waals surface area contributed by atoms with Gasteiger partial charge in [-0.25, -0.2) is 0 Å². The molecule has 0 aromatic heterocycles. The van der Waals surface area contributed by atoms with Gasteiger partial charge < -0.3 is 15.2 Å². The van der Waals surface area contributed by atoms with E-state index in [0.717, 1.165) is 45.1 Å². The quantitative estimate of drug-likeness (QED) is 0.811. The van der Waals surface area contributed by atoms with Crippen molar-refractivity contribution in [2.75, 3.05) is 6.61 Å². The summed E-state index contributed by atoms with van der Waals surface area (Å²) >= 11 is 0. The van der Waals surface area contributed by atoms with E-state index in [9.17, 15) is 4.79 Å². The van der Waals surface area contributed by atoms with Crippen LogP contribution in [0.3, 0.4) is 0 Å². The van der Waals surface area contributed by atoms with Crippen LogP contribution in [-0.4, -0.2) is 35.4 Å². The van der Waals surface area contributed by atoms with Crippen molar-refractivity contribution in [2.24, 2.45) is 5.92 Å². The van der Waals surface area contributed by atoms with E-state index in [0.29, 0.717) is 12.1 Å². The van der Waals surface area contributed by atoms with Crippen molar-refractivity contribution in [2.45, 2.75) is 70.1 Å². The second kappa shape index (κ2) is 5.57. The maximum absolute atomic E-state index is 11.0. The molecule has 4 heteroatoms. The van der Waals surface area contributed by atoms with Crippen LogP contribution in [0.25, 0.3) is 0 Å². The van der Waals surface area contributed by atoms with E-state index in [1.165, 1.54) is 0 Å². The van der Waals surface area contributed by atoms with Gasteiger partial charge in [0.15, 0.2) is 0 Å². The van der Waals surface area contributed by atoms with Gasteiger partial charge in [0.2, 0.25) is 0 Å². The van der Waals surface area contributed by atoms with Crippen LogP contribution in [0, 0.1) is 5.92 Å². The van der Waals surface area contributed by atoms with Crippen LogP contribution < -0.4 is 5.32 Å². The Hall–Kier alpha value is -0.610. The monoisotopic (exact) mass is 255 g/mol. The van der Waals surface area contributed by atoms with Gasteiger partial charge in [0.1, 0.15) is 0 Å². The first kappa shape index (κ1) is 13.8. The van der Waals surface area contributed by atoms with Crippen LogP contribution >= 0.6 is 0 Å². The van der Waals surface area contributed by atoms with Crippen molar-refractivity contribution in [1.29, 1.82) is 0 Å². The third-order valence-corrected chi connectivity index (χ3v) is 4.19. The summed E-state index contributed by atoms with van der Waals surface area (Å²) in [4.78, 5) is 11.0. The summed E-state index contributed by atoms with van der Waals surface area (Å²) in [5, 5.41) is 12.8. The largest absolute Gasteiger partial charge is 0.481 e. The third-order valence-electron chi connectivity index (χ3n) is 4.19. The van der Waals surface area contributed by atoms with Gasteiger partial charge in [-0.05, 0) is 46.0 Å². The standard InChI is InChI=1S/C14H25NO3/c1-14(2)9-12(6-7-18-14)15-11-5-3-4-10(8-11)13(16)17/h10-12,15H,3-9H2,1-2H3,(H,16,17). The molecule has 0 spiro atoms. The Balaban J connectivity index is 1.83. The summed E-state index contributed by atoms with van der Waals surface area (Å²) in [7, 11) is 0. The summed E-state index contributed by atoms with van der Waals surface area (Å²) < 4.78 is 5.71. The molecule has 0 radical (unpaired) electrons. The topological polar surface area (TPSA) is 58.6 Å². The van der Waals surface area contributed by atoms with E-state index >= 15 is 0 Å². The molecule has 2 fully saturated rings. The molecule has 1 aliphatic carbocycles. The zero-order valence-corrected chi connectivity index (χ0v) is 11.4. The lowest BCUT2D eigenvalue weighted by molar-refractivity contribution is -0.143. The second-order valence-electron chi connectivity index (χ2n) is 6.36. The van der Waals surface area contributed by atoms with E-state index in [-0.39, 0.29) is 11.5 Å².